The number of nitrogens with zero attached hydrogens (tertiary/aromatic N) is 1. The quantitative estimate of drug-likeness (QED) is 0.745. The summed E-state index contributed by atoms with van der Waals surface area (Å²) in [6.07, 6.45) is 3.08. The molecule has 0 bridgehead atoms. The van der Waals surface area contributed by atoms with Gasteiger partial charge in [-0.15, -0.1) is 0 Å². The van der Waals surface area contributed by atoms with E-state index >= 15 is 0 Å². The van der Waals surface area contributed by atoms with E-state index in [1.165, 1.54) is 11.0 Å². The molecule has 0 aromatic heterocycles. The van der Waals surface area contributed by atoms with E-state index in [1.807, 2.05) is 32.0 Å². The molecule has 6 heteroatoms. The average Bonchev–Trinajstić information content (AvgIpc) is 2.69. The molecule has 0 saturated carbocycles. The minimum Gasteiger partial charge on any atom is -0.497 e. The molecule has 0 aliphatic rings. The van der Waals surface area contributed by atoms with Crippen LogP contribution < -0.4 is 14.8 Å². The van der Waals surface area contributed by atoms with Crippen LogP contribution in [-0.4, -0.2) is 44.5 Å². The number of likely N-dealkylation sites (N-methyl/N-ethyl adjacent to an activating group) is 1. The second-order valence-electron chi connectivity index (χ2n) is 6.47. The number of rotatable bonds is 7. The lowest BCUT2D eigenvalue weighted by molar-refractivity contribution is -0.129. The van der Waals surface area contributed by atoms with Gasteiger partial charge in [0.1, 0.15) is 11.5 Å². The number of aryl methyl sites for hydroxylation is 1. The van der Waals surface area contributed by atoms with Crippen LogP contribution in [0, 0.1) is 13.8 Å². The molecule has 0 fully saturated rings. The monoisotopic (exact) mass is 382 g/mol. The first-order valence-corrected chi connectivity index (χ1v) is 8.86. The Kier molecular flexibility index (Phi) is 7.21. The molecule has 6 nitrogen and oxygen atoms in total. The van der Waals surface area contributed by atoms with Crippen molar-refractivity contribution in [3.8, 4) is 11.5 Å². The lowest BCUT2D eigenvalue weighted by Crippen LogP contribution is -2.34. The van der Waals surface area contributed by atoms with Gasteiger partial charge < -0.3 is 19.7 Å². The average molecular weight is 382 g/mol. The van der Waals surface area contributed by atoms with E-state index < -0.39 is 0 Å². The summed E-state index contributed by atoms with van der Waals surface area (Å²) in [4.78, 5) is 26.0. The fourth-order valence-electron chi connectivity index (χ4n) is 2.59. The fraction of sp³-hybridized carbons (Fsp3) is 0.273. The Morgan fingerprint density at radius 2 is 1.71 bits per heavy atom. The predicted octanol–water partition coefficient (Wildman–Crippen LogP) is 3.43. The van der Waals surface area contributed by atoms with E-state index in [0.29, 0.717) is 11.5 Å². The van der Waals surface area contributed by atoms with Gasteiger partial charge in [0.05, 0.1) is 20.8 Å². The van der Waals surface area contributed by atoms with Crippen LogP contribution in [0.5, 0.6) is 11.5 Å². The molecule has 0 atom stereocenters. The number of carbonyl (C=O) groups excluding carboxylic acids is 2. The van der Waals surface area contributed by atoms with Gasteiger partial charge in [-0.3, -0.25) is 9.59 Å². The number of anilines is 1. The molecule has 0 unspecified atom stereocenters. The van der Waals surface area contributed by atoms with Crippen LogP contribution in [-0.2, 0) is 9.59 Å². The molecule has 2 aromatic rings. The maximum Gasteiger partial charge on any atom is 0.246 e. The minimum atomic E-state index is -0.280. The number of nitrogens with one attached hydrogen (secondary N) is 1. The second-order valence-corrected chi connectivity index (χ2v) is 6.47. The molecule has 0 aliphatic carbocycles. The highest BCUT2D eigenvalue weighted by atomic mass is 16.5. The van der Waals surface area contributed by atoms with E-state index in [1.54, 1.807) is 45.5 Å². The van der Waals surface area contributed by atoms with Gasteiger partial charge in [-0.25, -0.2) is 0 Å². The molecule has 0 radical (unpaired) electrons. The van der Waals surface area contributed by atoms with Crippen molar-refractivity contribution in [2.24, 2.45) is 0 Å². The maximum absolute atomic E-state index is 12.3. The van der Waals surface area contributed by atoms with E-state index in [4.69, 9.17) is 9.47 Å². The summed E-state index contributed by atoms with van der Waals surface area (Å²) in [5, 5.41) is 2.85. The topological polar surface area (TPSA) is 67.9 Å². The van der Waals surface area contributed by atoms with E-state index in [9.17, 15) is 9.59 Å². The fourth-order valence-corrected chi connectivity index (χ4v) is 2.59. The van der Waals surface area contributed by atoms with Crippen LogP contribution in [0.2, 0.25) is 0 Å². The van der Waals surface area contributed by atoms with Crippen molar-refractivity contribution in [3.63, 3.8) is 0 Å². The zero-order valence-corrected chi connectivity index (χ0v) is 16.9. The molecule has 1 N–H and O–H groups in total. The van der Waals surface area contributed by atoms with Gasteiger partial charge in [-0.1, -0.05) is 12.1 Å². The van der Waals surface area contributed by atoms with Crippen molar-refractivity contribution < 1.29 is 19.1 Å². The molecule has 2 aromatic carbocycles. The van der Waals surface area contributed by atoms with Crippen LogP contribution in [0.25, 0.3) is 6.08 Å². The van der Waals surface area contributed by atoms with E-state index in [2.05, 4.69) is 5.32 Å². The Balaban J connectivity index is 1.99. The summed E-state index contributed by atoms with van der Waals surface area (Å²) in [7, 11) is 4.72. The van der Waals surface area contributed by atoms with E-state index in [-0.39, 0.29) is 18.4 Å². The maximum atomic E-state index is 12.3. The van der Waals surface area contributed by atoms with E-state index in [0.717, 1.165) is 22.4 Å². The molecule has 0 spiro atoms. The Bertz CT molecular complexity index is 868. The Morgan fingerprint density at radius 1 is 1.07 bits per heavy atom. The number of amides is 2. The number of methoxy groups -OCH3 is 2. The first kappa shape index (κ1) is 21.0. The summed E-state index contributed by atoms with van der Waals surface area (Å²) in [6.45, 7) is 3.89. The molecule has 148 valence electrons. The molecular formula is C22H26N2O4. The van der Waals surface area contributed by atoms with Gasteiger partial charge in [-0.05, 0) is 54.8 Å². The summed E-state index contributed by atoms with van der Waals surface area (Å²) in [6, 6.07) is 11.1. The molecule has 2 rings (SSSR count). The van der Waals surface area contributed by atoms with Gasteiger partial charge in [-0.2, -0.15) is 0 Å². The lowest BCUT2D eigenvalue weighted by Gasteiger charge is -2.16. The first-order chi connectivity index (χ1) is 13.3. The smallest absolute Gasteiger partial charge is 0.246 e. The van der Waals surface area contributed by atoms with Crippen molar-refractivity contribution >= 4 is 23.6 Å². The van der Waals surface area contributed by atoms with Gasteiger partial charge in [0.15, 0.2) is 0 Å². The van der Waals surface area contributed by atoms with Gasteiger partial charge in [0, 0.05) is 24.9 Å². The summed E-state index contributed by atoms with van der Waals surface area (Å²) in [5.74, 6) is 0.735. The zero-order valence-electron chi connectivity index (χ0n) is 16.9. The highest BCUT2D eigenvalue weighted by Gasteiger charge is 2.12. The lowest BCUT2D eigenvalue weighted by atomic mass is 10.1. The number of benzene rings is 2. The standard InChI is InChI=1S/C22H26N2O4/c1-15-7-6-8-20(16(15)2)23-21(25)14-24(3)22(26)10-9-17-11-18(27-4)13-19(12-17)28-5/h6-13H,14H2,1-5H3,(H,23,25)/b10-9+. The Hall–Kier alpha value is -3.28. The minimum absolute atomic E-state index is 0.0437. The molecule has 28 heavy (non-hydrogen) atoms. The third-order valence-electron chi connectivity index (χ3n) is 4.43. The van der Waals surface area contributed by atoms with Crippen molar-refractivity contribution in [2.75, 3.05) is 33.1 Å². The van der Waals surface area contributed by atoms with Crippen LogP contribution >= 0.6 is 0 Å². The third-order valence-corrected chi connectivity index (χ3v) is 4.43. The van der Waals surface area contributed by atoms with Gasteiger partial charge in [0.25, 0.3) is 0 Å². The molecule has 0 heterocycles. The summed E-state index contributed by atoms with van der Waals surface area (Å²) in [5.41, 5.74) is 3.62. The highest BCUT2D eigenvalue weighted by molar-refractivity contribution is 5.98. The largest absolute Gasteiger partial charge is 0.497 e. The van der Waals surface area contributed by atoms with Crippen LogP contribution in [0.15, 0.2) is 42.5 Å². The molecule has 0 saturated heterocycles. The van der Waals surface area contributed by atoms with Crippen LogP contribution in [0.3, 0.4) is 0 Å². The number of hydrogen-bond acceptors (Lipinski definition) is 4. The molecular weight excluding hydrogens is 356 g/mol. The zero-order chi connectivity index (χ0) is 20.7. The summed E-state index contributed by atoms with van der Waals surface area (Å²) < 4.78 is 10.4. The second kappa shape index (κ2) is 9.60. The van der Waals surface area contributed by atoms with Crippen molar-refractivity contribution in [1.29, 1.82) is 0 Å². The normalized spacial score (nSPS) is 10.6. The molecule has 0 aliphatic heterocycles. The van der Waals surface area contributed by atoms with Crippen LogP contribution in [0.4, 0.5) is 5.69 Å². The predicted molar refractivity (Wildman–Crippen MR) is 111 cm³/mol. The molecule has 2 amide bonds. The van der Waals surface area contributed by atoms with Gasteiger partial charge >= 0.3 is 0 Å². The van der Waals surface area contributed by atoms with Gasteiger partial charge in [0.2, 0.25) is 11.8 Å². The third kappa shape index (κ3) is 5.61. The van der Waals surface area contributed by atoms with Crippen LogP contribution in [0.1, 0.15) is 16.7 Å². The Labute approximate surface area is 165 Å². The van der Waals surface area contributed by atoms with Crippen molar-refractivity contribution in [1.82, 2.24) is 4.90 Å². The SMILES string of the molecule is COc1cc(/C=C/C(=O)N(C)CC(=O)Nc2cccc(C)c2C)cc(OC)c1. The summed E-state index contributed by atoms with van der Waals surface area (Å²) >= 11 is 0. The number of carbonyl (C=O) groups is 2. The van der Waals surface area contributed by atoms with Crippen molar-refractivity contribution in [2.45, 2.75) is 13.8 Å². The Morgan fingerprint density at radius 3 is 2.32 bits per heavy atom. The first-order valence-electron chi connectivity index (χ1n) is 8.86. The number of ether oxygens (including phenoxy) is 2. The van der Waals surface area contributed by atoms with Crippen molar-refractivity contribution in [3.05, 3.63) is 59.2 Å². The highest BCUT2D eigenvalue weighted by Crippen LogP contribution is 2.23. The number of hydrogen-bond donors (Lipinski definition) is 1.